The van der Waals surface area contributed by atoms with Gasteiger partial charge < -0.3 is 9.64 Å². The number of ether oxygens (including phenoxy) is 1. The van der Waals surface area contributed by atoms with Gasteiger partial charge in [-0.1, -0.05) is 152 Å². The molecule has 1 aliphatic carbocycles. The van der Waals surface area contributed by atoms with Crippen LogP contribution >= 0.6 is 0 Å². The van der Waals surface area contributed by atoms with Crippen LogP contribution in [0.2, 0.25) is 0 Å². The van der Waals surface area contributed by atoms with Crippen LogP contribution in [0.4, 0.5) is 11.4 Å². The molecule has 1 heterocycles. The molecule has 1 aliphatic heterocycles. The molecule has 13 rings (SSSR count). The van der Waals surface area contributed by atoms with E-state index in [1.165, 1.54) is 141 Å². The second kappa shape index (κ2) is 12.6. The van der Waals surface area contributed by atoms with Gasteiger partial charge in [-0.25, -0.2) is 0 Å². The summed E-state index contributed by atoms with van der Waals surface area (Å²) in [5, 5.41) is 16.0. The maximum Gasteiger partial charge on any atom is 0.120 e. The molecule has 2 heteroatoms. The predicted octanol–water partition coefficient (Wildman–Crippen LogP) is 16.1. The molecule has 0 bridgehead atoms. The van der Waals surface area contributed by atoms with E-state index in [0.29, 0.717) is 5.92 Å². The molecule has 0 saturated heterocycles. The summed E-state index contributed by atoms with van der Waals surface area (Å²) in [7, 11) is 1.77. The Hall–Kier alpha value is -6.90. The van der Waals surface area contributed by atoms with Crippen LogP contribution in [0.3, 0.4) is 0 Å². The van der Waals surface area contributed by atoms with Gasteiger partial charge in [-0.3, -0.25) is 0 Å². The normalized spacial score (nSPS) is 17.8. The van der Waals surface area contributed by atoms with Crippen molar-refractivity contribution in [1.82, 2.24) is 0 Å². The topological polar surface area (TPSA) is 12.5 Å². The fraction of sp³-hybridized carbons (Fsp3) is 0.138. The molecule has 2 nitrogen and oxygen atoms in total. The van der Waals surface area contributed by atoms with E-state index in [0.717, 1.165) is 5.75 Å². The maximum atomic E-state index is 5.73. The number of fused-ring (bicyclic) bond motifs is 9. The van der Waals surface area contributed by atoms with Gasteiger partial charge in [0.25, 0.3) is 0 Å². The van der Waals surface area contributed by atoms with Crippen molar-refractivity contribution in [2.75, 3.05) is 12.0 Å². The van der Waals surface area contributed by atoms with Gasteiger partial charge in [0.05, 0.1) is 7.11 Å². The fourth-order valence-electron chi connectivity index (χ4n) is 12.2. The lowest BCUT2D eigenvalue weighted by Crippen LogP contribution is -2.45. The first-order valence-electron chi connectivity index (χ1n) is 21.6. The largest absolute Gasteiger partial charge is 0.497 e. The molecule has 286 valence electrons. The van der Waals surface area contributed by atoms with Gasteiger partial charge in [0.1, 0.15) is 5.75 Å². The SMILES string of the molecule is COc1cccc(N2c3ccc(-c4ccc5c6c(-c7ccccc7)c7c8cccc9cccc(c7c(-c7ccccc7)c6c6cccc4c65)c98)cc3C3CCCCC32C)c1. The molecule has 2 unspecified atom stereocenters. The lowest BCUT2D eigenvalue weighted by molar-refractivity contribution is 0.290. The number of methoxy groups -OCH3 is 1. The number of anilines is 2. The minimum Gasteiger partial charge on any atom is -0.497 e. The van der Waals surface area contributed by atoms with Gasteiger partial charge >= 0.3 is 0 Å². The van der Waals surface area contributed by atoms with Crippen LogP contribution in [-0.4, -0.2) is 12.6 Å². The number of hydrogen-bond donors (Lipinski definition) is 0. The zero-order chi connectivity index (χ0) is 39.7. The van der Waals surface area contributed by atoms with Crippen molar-refractivity contribution >= 4 is 76.0 Å². The molecule has 0 radical (unpaired) electrons. The second-order valence-electron chi connectivity index (χ2n) is 17.5. The second-order valence-corrected chi connectivity index (χ2v) is 17.5. The quantitative estimate of drug-likeness (QED) is 0.173. The average Bonchev–Trinajstić information content (AvgIpc) is 3.91. The van der Waals surface area contributed by atoms with E-state index in [4.69, 9.17) is 4.74 Å². The van der Waals surface area contributed by atoms with Gasteiger partial charge in [0.2, 0.25) is 0 Å². The minimum absolute atomic E-state index is 0.0141. The Morgan fingerprint density at radius 2 is 1.10 bits per heavy atom. The van der Waals surface area contributed by atoms with E-state index in [-0.39, 0.29) is 5.54 Å². The molecule has 2 atom stereocenters. The third-order valence-corrected chi connectivity index (χ3v) is 14.6. The van der Waals surface area contributed by atoms with Crippen LogP contribution in [-0.2, 0) is 0 Å². The summed E-state index contributed by atoms with van der Waals surface area (Å²) in [5.41, 5.74) is 11.8. The van der Waals surface area contributed by atoms with Crippen molar-refractivity contribution in [3.8, 4) is 39.1 Å². The molecule has 60 heavy (non-hydrogen) atoms. The van der Waals surface area contributed by atoms with Gasteiger partial charge in [0, 0.05) is 28.9 Å². The molecule has 11 aromatic rings. The number of hydrogen-bond acceptors (Lipinski definition) is 2. The molecule has 11 aromatic carbocycles. The summed E-state index contributed by atoms with van der Waals surface area (Å²) >= 11 is 0. The van der Waals surface area contributed by atoms with E-state index in [1.54, 1.807) is 7.11 Å². The monoisotopic (exact) mass is 769 g/mol. The lowest BCUT2D eigenvalue weighted by atomic mass is 9.72. The summed E-state index contributed by atoms with van der Waals surface area (Å²) < 4.78 is 5.73. The zero-order valence-electron chi connectivity index (χ0n) is 33.9. The van der Waals surface area contributed by atoms with Crippen LogP contribution in [0.1, 0.15) is 44.1 Å². The molecule has 0 aromatic heterocycles. The van der Waals surface area contributed by atoms with E-state index in [1.807, 2.05) is 0 Å². The van der Waals surface area contributed by atoms with E-state index in [2.05, 4.69) is 182 Å². The highest BCUT2D eigenvalue weighted by Gasteiger charge is 2.50. The Labute approximate surface area is 349 Å². The first-order chi connectivity index (χ1) is 29.6. The van der Waals surface area contributed by atoms with E-state index in [9.17, 15) is 0 Å². The van der Waals surface area contributed by atoms with Crippen molar-refractivity contribution in [1.29, 1.82) is 0 Å². The number of benzene rings is 9. The summed E-state index contributed by atoms with van der Waals surface area (Å²) in [6, 6.07) is 64.0. The summed E-state index contributed by atoms with van der Waals surface area (Å²) in [4.78, 5) is 2.64. The van der Waals surface area contributed by atoms with Gasteiger partial charge in [0.15, 0.2) is 0 Å². The Balaban J connectivity index is 1.13. The Morgan fingerprint density at radius 1 is 0.500 bits per heavy atom. The summed E-state index contributed by atoms with van der Waals surface area (Å²) in [6.07, 6.45) is 4.91. The third-order valence-electron chi connectivity index (χ3n) is 14.6. The van der Waals surface area contributed by atoms with Crippen LogP contribution in [0.25, 0.3) is 98.0 Å². The van der Waals surface area contributed by atoms with Crippen molar-refractivity contribution in [3.05, 3.63) is 175 Å². The zero-order valence-corrected chi connectivity index (χ0v) is 33.9. The first kappa shape index (κ1) is 34.0. The average molecular weight is 770 g/mol. The highest BCUT2D eigenvalue weighted by molar-refractivity contribution is 6.46. The lowest BCUT2D eigenvalue weighted by Gasteiger charge is -2.44. The molecule has 0 N–H and O–H groups in total. The van der Waals surface area contributed by atoms with E-state index >= 15 is 0 Å². The van der Waals surface area contributed by atoms with Gasteiger partial charge in [-0.05, 0) is 148 Å². The van der Waals surface area contributed by atoms with Crippen LogP contribution < -0.4 is 9.64 Å². The third kappa shape index (κ3) is 4.49. The highest BCUT2D eigenvalue weighted by atomic mass is 16.5. The first-order valence-corrected chi connectivity index (χ1v) is 21.6. The molecular weight excluding hydrogens is 727 g/mol. The molecule has 1 saturated carbocycles. The van der Waals surface area contributed by atoms with E-state index < -0.39 is 0 Å². The minimum atomic E-state index is 0.0141. The van der Waals surface area contributed by atoms with Crippen LogP contribution in [0.15, 0.2) is 170 Å². The smallest absolute Gasteiger partial charge is 0.120 e. The Morgan fingerprint density at radius 3 is 1.77 bits per heavy atom. The molecule has 0 amide bonds. The highest BCUT2D eigenvalue weighted by Crippen LogP contribution is 2.59. The standard InChI is InChI=1S/C58H43NO/c1-58-32-10-9-27-48(58)47-33-38(28-31-49(47)59(58)39-21-13-22-40(34-39)60-2)41-29-30-46-53-42(41)23-14-26-45(53)56-51(36-15-5-3-6-16-36)54-43-24-11-19-35-20-12-25-44(50(35)43)55(54)52(57(46)56)37-17-7-4-8-18-37/h3-8,11-26,28-31,33-34,48H,9-10,27,32H2,1-2H3. The Kier molecular flexibility index (Phi) is 7.12. The molecule has 2 aliphatic rings. The van der Waals surface area contributed by atoms with Crippen molar-refractivity contribution in [3.63, 3.8) is 0 Å². The fourth-order valence-corrected chi connectivity index (χ4v) is 12.2. The van der Waals surface area contributed by atoms with Gasteiger partial charge in [-0.2, -0.15) is 0 Å². The van der Waals surface area contributed by atoms with Gasteiger partial charge in [-0.15, -0.1) is 0 Å². The van der Waals surface area contributed by atoms with Crippen molar-refractivity contribution < 1.29 is 4.74 Å². The number of rotatable bonds is 5. The summed E-state index contributed by atoms with van der Waals surface area (Å²) in [5.74, 6) is 1.37. The number of nitrogens with zero attached hydrogens (tertiary/aromatic N) is 1. The maximum absolute atomic E-state index is 5.73. The van der Waals surface area contributed by atoms with Crippen LogP contribution in [0.5, 0.6) is 5.75 Å². The molecule has 0 spiro atoms. The molecular formula is C58H43NO. The summed E-state index contributed by atoms with van der Waals surface area (Å²) in [6.45, 7) is 2.50. The van der Waals surface area contributed by atoms with Crippen molar-refractivity contribution in [2.24, 2.45) is 0 Å². The molecule has 1 fully saturated rings. The van der Waals surface area contributed by atoms with Crippen molar-refractivity contribution in [2.45, 2.75) is 44.1 Å². The predicted molar refractivity (Wildman–Crippen MR) is 255 cm³/mol. The van der Waals surface area contributed by atoms with Crippen LogP contribution in [0, 0.1) is 0 Å². The Bertz CT molecular complexity index is 3370.